The van der Waals surface area contributed by atoms with Gasteiger partial charge >= 0.3 is 12.1 Å². The first kappa shape index (κ1) is 26.2. The number of halogens is 3. The van der Waals surface area contributed by atoms with Gasteiger partial charge in [0.25, 0.3) is 5.79 Å². The molecule has 0 amide bonds. The van der Waals surface area contributed by atoms with Crippen LogP contribution in [0.1, 0.15) is 63.0 Å². The van der Waals surface area contributed by atoms with Crippen LogP contribution in [0.5, 0.6) is 0 Å². The number of ether oxygens (including phenoxy) is 3. The molecule has 1 aromatic heterocycles. The molecule has 0 aliphatic heterocycles. The van der Waals surface area contributed by atoms with Gasteiger partial charge in [0.15, 0.2) is 0 Å². The summed E-state index contributed by atoms with van der Waals surface area (Å²) in [6, 6.07) is 4.62. The van der Waals surface area contributed by atoms with E-state index in [0.717, 1.165) is 25.0 Å². The fourth-order valence-electron chi connectivity index (χ4n) is 3.81. The second-order valence-electron chi connectivity index (χ2n) is 8.54. The van der Waals surface area contributed by atoms with Gasteiger partial charge in [-0.2, -0.15) is 13.2 Å². The van der Waals surface area contributed by atoms with Crippen LogP contribution in [0.3, 0.4) is 0 Å². The zero-order chi connectivity index (χ0) is 24.9. The highest BCUT2D eigenvalue weighted by Crippen LogP contribution is 2.32. The van der Waals surface area contributed by atoms with E-state index in [1.807, 2.05) is 6.92 Å². The average molecular weight is 485 g/mol. The largest absolute Gasteiger partial charge is 0.477 e. The number of aromatic nitrogens is 1. The van der Waals surface area contributed by atoms with Gasteiger partial charge in [0.2, 0.25) is 5.89 Å². The van der Waals surface area contributed by atoms with Crippen LogP contribution in [0.25, 0.3) is 11.5 Å². The molecular formula is C24H30F3NO6. The SMILES string of the molecule is CCCOC(C)(O[C@@H]1CCC[C@H](OCc2nc(-c3ccc(C(F)(F)F)cc3)oc2C)C1)C(=O)O. The van der Waals surface area contributed by atoms with Gasteiger partial charge in [0.1, 0.15) is 11.5 Å². The molecule has 0 radical (unpaired) electrons. The zero-order valence-corrected chi connectivity index (χ0v) is 19.5. The normalized spacial score (nSPS) is 20.8. The van der Waals surface area contributed by atoms with E-state index in [0.29, 0.717) is 36.3 Å². The first-order chi connectivity index (χ1) is 16.0. The highest BCUT2D eigenvalue weighted by molar-refractivity contribution is 5.75. The van der Waals surface area contributed by atoms with E-state index in [1.54, 1.807) is 6.92 Å². The van der Waals surface area contributed by atoms with E-state index in [2.05, 4.69) is 4.98 Å². The molecule has 3 rings (SSSR count). The standard InChI is InChI=1S/C24H30F3NO6/c1-4-12-32-23(3,22(29)30)34-19-7-5-6-18(13-19)31-14-20-15(2)33-21(28-20)16-8-10-17(11-9-16)24(25,26)27/h8-11,18-19H,4-7,12-14H2,1-3H3,(H,29,30)/t18-,19+,23?/m0/s1. The highest BCUT2D eigenvalue weighted by atomic mass is 19.4. The number of aliphatic carboxylic acids is 1. The lowest BCUT2D eigenvalue weighted by Crippen LogP contribution is -2.46. The van der Waals surface area contributed by atoms with Crippen molar-refractivity contribution in [1.82, 2.24) is 4.98 Å². The third-order valence-electron chi connectivity index (χ3n) is 5.75. The smallest absolute Gasteiger partial charge is 0.416 e. The number of benzene rings is 1. The molecule has 0 spiro atoms. The Bertz CT molecular complexity index is 959. The molecule has 1 fully saturated rings. The number of hydrogen-bond acceptors (Lipinski definition) is 6. The van der Waals surface area contributed by atoms with Crippen LogP contribution in [0.15, 0.2) is 28.7 Å². The monoisotopic (exact) mass is 485 g/mol. The average Bonchev–Trinajstić information content (AvgIpc) is 3.16. The van der Waals surface area contributed by atoms with E-state index in [-0.39, 0.29) is 31.3 Å². The maximum Gasteiger partial charge on any atom is 0.416 e. The molecule has 188 valence electrons. The van der Waals surface area contributed by atoms with E-state index < -0.39 is 23.5 Å². The third-order valence-corrected chi connectivity index (χ3v) is 5.75. The van der Waals surface area contributed by atoms with Crippen LogP contribution < -0.4 is 0 Å². The number of oxazole rings is 1. The minimum atomic E-state index is -4.41. The lowest BCUT2D eigenvalue weighted by Gasteiger charge is -2.35. The van der Waals surface area contributed by atoms with Crippen molar-refractivity contribution in [1.29, 1.82) is 0 Å². The number of carboxylic acids is 1. The second kappa shape index (κ2) is 10.9. The topological polar surface area (TPSA) is 91.0 Å². The van der Waals surface area contributed by atoms with Gasteiger partial charge in [-0.25, -0.2) is 9.78 Å². The van der Waals surface area contributed by atoms with E-state index in [4.69, 9.17) is 18.6 Å². The molecule has 1 heterocycles. The molecule has 1 N–H and O–H groups in total. The van der Waals surface area contributed by atoms with Crippen LogP contribution in [-0.4, -0.2) is 40.7 Å². The Balaban J connectivity index is 1.59. The number of alkyl halides is 3. The molecule has 1 aliphatic rings. The molecule has 1 saturated carbocycles. The number of carboxylic acid groups (broad SMARTS) is 1. The predicted octanol–water partition coefficient (Wildman–Crippen LogP) is 5.74. The number of carbonyl (C=O) groups is 1. The molecular weight excluding hydrogens is 455 g/mol. The molecule has 1 unspecified atom stereocenters. The summed E-state index contributed by atoms with van der Waals surface area (Å²) >= 11 is 0. The van der Waals surface area contributed by atoms with Gasteiger partial charge in [-0.3, -0.25) is 0 Å². The van der Waals surface area contributed by atoms with Crippen LogP contribution >= 0.6 is 0 Å². The fraction of sp³-hybridized carbons (Fsp3) is 0.583. The first-order valence-electron chi connectivity index (χ1n) is 11.3. The Morgan fingerprint density at radius 1 is 1.21 bits per heavy atom. The Morgan fingerprint density at radius 3 is 2.50 bits per heavy atom. The summed E-state index contributed by atoms with van der Waals surface area (Å²) in [5.74, 6) is -2.13. The fourth-order valence-corrected chi connectivity index (χ4v) is 3.81. The van der Waals surface area contributed by atoms with Gasteiger partial charge in [-0.1, -0.05) is 6.92 Å². The Kier molecular flexibility index (Phi) is 8.38. The molecule has 0 bridgehead atoms. The molecule has 10 heteroatoms. The maximum absolute atomic E-state index is 12.8. The minimum absolute atomic E-state index is 0.159. The number of hydrogen-bond donors (Lipinski definition) is 1. The van der Waals surface area contributed by atoms with Crippen molar-refractivity contribution in [2.24, 2.45) is 0 Å². The van der Waals surface area contributed by atoms with Gasteiger partial charge in [0.05, 0.1) is 31.0 Å². The van der Waals surface area contributed by atoms with Crippen molar-refractivity contribution in [2.45, 2.75) is 83.7 Å². The van der Waals surface area contributed by atoms with Crippen LogP contribution in [0.2, 0.25) is 0 Å². The minimum Gasteiger partial charge on any atom is -0.477 e. The van der Waals surface area contributed by atoms with E-state index in [1.165, 1.54) is 19.1 Å². The molecule has 34 heavy (non-hydrogen) atoms. The van der Waals surface area contributed by atoms with Crippen molar-refractivity contribution in [3.63, 3.8) is 0 Å². The lowest BCUT2D eigenvalue weighted by atomic mass is 9.94. The lowest BCUT2D eigenvalue weighted by molar-refractivity contribution is -0.258. The zero-order valence-electron chi connectivity index (χ0n) is 19.5. The molecule has 7 nitrogen and oxygen atoms in total. The van der Waals surface area contributed by atoms with Gasteiger partial charge in [-0.15, -0.1) is 0 Å². The summed E-state index contributed by atoms with van der Waals surface area (Å²) in [6.45, 7) is 5.46. The van der Waals surface area contributed by atoms with Crippen molar-refractivity contribution < 1.29 is 41.7 Å². The summed E-state index contributed by atoms with van der Waals surface area (Å²) in [6.07, 6.45) is -1.38. The third kappa shape index (κ3) is 6.58. The van der Waals surface area contributed by atoms with Gasteiger partial charge in [-0.05, 0) is 63.3 Å². The quantitative estimate of drug-likeness (QED) is 0.429. The van der Waals surface area contributed by atoms with Crippen LogP contribution in [-0.2, 0) is 31.8 Å². The Labute approximate surface area is 196 Å². The van der Waals surface area contributed by atoms with Crippen LogP contribution in [0, 0.1) is 6.92 Å². The first-order valence-corrected chi connectivity index (χ1v) is 11.3. The van der Waals surface area contributed by atoms with Crippen molar-refractivity contribution in [3.8, 4) is 11.5 Å². The summed E-state index contributed by atoms with van der Waals surface area (Å²) in [4.78, 5) is 16.1. The van der Waals surface area contributed by atoms with Crippen LogP contribution in [0.4, 0.5) is 13.2 Å². The summed E-state index contributed by atoms with van der Waals surface area (Å²) in [5.41, 5.74) is 0.254. The molecule has 1 aromatic carbocycles. The summed E-state index contributed by atoms with van der Waals surface area (Å²) in [5, 5.41) is 9.53. The van der Waals surface area contributed by atoms with E-state index >= 15 is 0 Å². The molecule has 2 aromatic rings. The number of aryl methyl sites for hydroxylation is 1. The maximum atomic E-state index is 12.8. The number of nitrogens with zero attached hydrogens (tertiary/aromatic N) is 1. The van der Waals surface area contributed by atoms with E-state index in [9.17, 15) is 23.1 Å². The second-order valence-corrected chi connectivity index (χ2v) is 8.54. The number of rotatable bonds is 10. The van der Waals surface area contributed by atoms with Crippen molar-refractivity contribution in [3.05, 3.63) is 41.3 Å². The molecule has 0 saturated heterocycles. The van der Waals surface area contributed by atoms with Gasteiger partial charge < -0.3 is 23.7 Å². The Hall–Kier alpha value is -2.43. The molecule has 3 atom stereocenters. The molecule has 1 aliphatic carbocycles. The van der Waals surface area contributed by atoms with Crippen molar-refractivity contribution in [2.75, 3.05) is 6.61 Å². The van der Waals surface area contributed by atoms with Crippen molar-refractivity contribution >= 4 is 5.97 Å². The predicted molar refractivity (Wildman–Crippen MR) is 116 cm³/mol. The highest BCUT2D eigenvalue weighted by Gasteiger charge is 2.39. The summed E-state index contributed by atoms with van der Waals surface area (Å²) < 4.78 is 61.3. The van der Waals surface area contributed by atoms with Gasteiger partial charge in [0, 0.05) is 12.5 Å². The Morgan fingerprint density at radius 2 is 1.88 bits per heavy atom. The summed E-state index contributed by atoms with van der Waals surface area (Å²) in [7, 11) is 0.